The van der Waals surface area contributed by atoms with Crippen LogP contribution in [0.3, 0.4) is 0 Å². The highest BCUT2D eigenvalue weighted by Crippen LogP contribution is 2.28. The summed E-state index contributed by atoms with van der Waals surface area (Å²) >= 11 is 0. The summed E-state index contributed by atoms with van der Waals surface area (Å²) in [6, 6.07) is 5.49. The van der Waals surface area contributed by atoms with Gasteiger partial charge in [0.15, 0.2) is 11.6 Å². The second-order valence-corrected chi connectivity index (χ2v) is 4.12. The first-order chi connectivity index (χ1) is 7.72. The standard InChI is InChI=1S/C12H17FN2O/c1-16-11-4-2-3-10(12(11)13)15-7-5-9(14)6-8-15/h2-4,9H,5-8,14H2,1H3. The van der Waals surface area contributed by atoms with Crippen molar-refractivity contribution in [2.75, 3.05) is 25.1 Å². The Morgan fingerprint density at radius 2 is 2.06 bits per heavy atom. The summed E-state index contributed by atoms with van der Waals surface area (Å²) in [6.45, 7) is 1.62. The Bertz CT molecular complexity index is 362. The first-order valence-corrected chi connectivity index (χ1v) is 5.55. The Hall–Kier alpha value is -1.29. The van der Waals surface area contributed by atoms with Crippen LogP contribution in [0.25, 0.3) is 0 Å². The maximum atomic E-state index is 14.0. The van der Waals surface area contributed by atoms with E-state index in [0.717, 1.165) is 25.9 Å². The molecule has 3 nitrogen and oxygen atoms in total. The van der Waals surface area contributed by atoms with Gasteiger partial charge in [-0.1, -0.05) is 6.07 Å². The molecule has 1 aliphatic rings. The van der Waals surface area contributed by atoms with E-state index in [1.807, 2.05) is 11.0 Å². The molecule has 0 spiro atoms. The van der Waals surface area contributed by atoms with Gasteiger partial charge in [0.05, 0.1) is 12.8 Å². The molecule has 0 unspecified atom stereocenters. The molecule has 1 aliphatic heterocycles. The number of rotatable bonds is 2. The van der Waals surface area contributed by atoms with Gasteiger partial charge in [0.2, 0.25) is 0 Å². The number of ether oxygens (including phenoxy) is 1. The van der Waals surface area contributed by atoms with Gasteiger partial charge in [-0.3, -0.25) is 0 Å². The van der Waals surface area contributed by atoms with Crippen molar-refractivity contribution in [2.24, 2.45) is 5.73 Å². The lowest BCUT2D eigenvalue weighted by molar-refractivity contribution is 0.385. The maximum absolute atomic E-state index is 14.0. The molecule has 4 heteroatoms. The summed E-state index contributed by atoms with van der Waals surface area (Å²) in [7, 11) is 1.48. The van der Waals surface area contributed by atoms with Crippen molar-refractivity contribution in [2.45, 2.75) is 18.9 Å². The minimum absolute atomic E-state index is 0.255. The molecular formula is C12H17FN2O. The summed E-state index contributed by atoms with van der Waals surface area (Å²) in [6.07, 6.45) is 1.83. The predicted molar refractivity (Wildman–Crippen MR) is 62.4 cm³/mol. The quantitative estimate of drug-likeness (QED) is 0.832. The molecule has 1 aromatic carbocycles. The van der Waals surface area contributed by atoms with Crippen LogP contribution in [0.5, 0.6) is 5.75 Å². The molecule has 0 aromatic heterocycles. The van der Waals surface area contributed by atoms with Crippen LogP contribution < -0.4 is 15.4 Å². The second kappa shape index (κ2) is 4.70. The van der Waals surface area contributed by atoms with E-state index in [4.69, 9.17) is 10.5 Å². The second-order valence-electron chi connectivity index (χ2n) is 4.12. The lowest BCUT2D eigenvalue weighted by Gasteiger charge is -2.32. The molecule has 0 amide bonds. The number of piperidine rings is 1. The van der Waals surface area contributed by atoms with Gasteiger partial charge in [0.25, 0.3) is 0 Å². The lowest BCUT2D eigenvalue weighted by Crippen LogP contribution is -2.40. The van der Waals surface area contributed by atoms with Crippen molar-refractivity contribution in [3.05, 3.63) is 24.0 Å². The summed E-state index contributed by atoms with van der Waals surface area (Å²) in [5.74, 6) is 0.0212. The molecule has 0 aliphatic carbocycles. The average Bonchev–Trinajstić information content (AvgIpc) is 2.31. The van der Waals surface area contributed by atoms with Crippen LogP contribution >= 0.6 is 0 Å². The third kappa shape index (κ3) is 2.11. The Labute approximate surface area is 95.0 Å². The number of hydrogen-bond donors (Lipinski definition) is 1. The predicted octanol–water partition coefficient (Wildman–Crippen LogP) is 1.76. The van der Waals surface area contributed by atoms with E-state index < -0.39 is 0 Å². The monoisotopic (exact) mass is 224 g/mol. The minimum atomic E-state index is -0.277. The van der Waals surface area contributed by atoms with E-state index in [9.17, 15) is 4.39 Å². The number of nitrogens with two attached hydrogens (primary N) is 1. The molecule has 2 N–H and O–H groups in total. The molecular weight excluding hydrogens is 207 g/mol. The molecule has 2 rings (SSSR count). The summed E-state index contributed by atoms with van der Waals surface area (Å²) in [4.78, 5) is 2.03. The van der Waals surface area contributed by atoms with E-state index in [2.05, 4.69) is 0 Å². The topological polar surface area (TPSA) is 38.5 Å². The SMILES string of the molecule is COc1cccc(N2CCC(N)CC2)c1F. The zero-order valence-corrected chi connectivity index (χ0v) is 9.45. The molecule has 0 bridgehead atoms. The van der Waals surface area contributed by atoms with Gasteiger partial charge in [-0.25, -0.2) is 4.39 Å². The smallest absolute Gasteiger partial charge is 0.188 e. The van der Waals surface area contributed by atoms with E-state index in [1.165, 1.54) is 7.11 Å². The van der Waals surface area contributed by atoms with E-state index in [0.29, 0.717) is 11.4 Å². The molecule has 1 aromatic rings. The van der Waals surface area contributed by atoms with Crippen LogP contribution in [0, 0.1) is 5.82 Å². The first kappa shape index (κ1) is 11.2. The van der Waals surface area contributed by atoms with Gasteiger partial charge in [0, 0.05) is 19.1 Å². The molecule has 1 heterocycles. The maximum Gasteiger partial charge on any atom is 0.188 e. The van der Waals surface area contributed by atoms with Crippen molar-refractivity contribution in [1.29, 1.82) is 0 Å². The van der Waals surface area contributed by atoms with Crippen molar-refractivity contribution >= 4 is 5.69 Å². The summed E-state index contributed by atoms with van der Waals surface area (Å²) in [5.41, 5.74) is 6.44. The number of halogens is 1. The Morgan fingerprint density at radius 3 is 2.69 bits per heavy atom. The largest absolute Gasteiger partial charge is 0.494 e. The zero-order valence-electron chi connectivity index (χ0n) is 9.45. The molecule has 1 saturated heterocycles. The van der Waals surface area contributed by atoms with E-state index in [-0.39, 0.29) is 11.9 Å². The fraction of sp³-hybridized carbons (Fsp3) is 0.500. The van der Waals surface area contributed by atoms with Crippen molar-refractivity contribution in [1.82, 2.24) is 0 Å². The lowest BCUT2D eigenvalue weighted by atomic mass is 10.1. The Kier molecular flexibility index (Phi) is 3.29. The van der Waals surface area contributed by atoms with E-state index in [1.54, 1.807) is 12.1 Å². The normalized spacial score (nSPS) is 17.6. The molecule has 16 heavy (non-hydrogen) atoms. The molecule has 0 atom stereocenters. The molecule has 0 radical (unpaired) electrons. The zero-order chi connectivity index (χ0) is 11.5. The van der Waals surface area contributed by atoms with Gasteiger partial charge in [-0.2, -0.15) is 0 Å². The number of nitrogens with zero attached hydrogens (tertiary/aromatic N) is 1. The molecule has 0 saturated carbocycles. The third-order valence-electron chi connectivity index (χ3n) is 3.04. The van der Waals surface area contributed by atoms with Crippen LogP contribution in [0.1, 0.15) is 12.8 Å². The average molecular weight is 224 g/mol. The third-order valence-corrected chi connectivity index (χ3v) is 3.04. The summed E-state index contributed by atoms with van der Waals surface area (Å²) < 4.78 is 18.9. The number of hydrogen-bond acceptors (Lipinski definition) is 3. The Balaban J connectivity index is 2.20. The highest BCUT2D eigenvalue weighted by atomic mass is 19.1. The van der Waals surface area contributed by atoms with Gasteiger partial charge in [-0.05, 0) is 25.0 Å². The fourth-order valence-electron chi connectivity index (χ4n) is 2.04. The van der Waals surface area contributed by atoms with Gasteiger partial charge in [0.1, 0.15) is 0 Å². The Morgan fingerprint density at radius 1 is 1.38 bits per heavy atom. The van der Waals surface area contributed by atoms with Crippen LogP contribution in [-0.2, 0) is 0 Å². The minimum Gasteiger partial charge on any atom is -0.494 e. The number of methoxy groups -OCH3 is 1. The van der Waals surface area contributed by atoms with Crippen molar-refractivity contribution in [3.8, 4) is 5.75 Å². The first-order valence-electron chi connectivity index (χ1n) is 5.55. The molecule has 1 fully saturated rings. The van der Waals surface area contributed by atoms with Crippen LogP contribution in [0.4, 0.5) is 10.1 Å². The van der Waals surface area contributed by atoms with Crippen LogP contribution in [-0.4, -0.2) is 26.2 Å². The molecule has 88 valence electrons. The van der Waals surface area contributed by atoms with Crippen LogP contribution in [0.2, 0.25) is 0 Å². The van der Waals surface area contributed by atoms with Crippen molar-refractivity contribution in [3.63, 3.8) is 0 Å². The van der Waals surface area contributed by atoms with E-state index >= 15 is 0 Å². The number of anilines is 1. The highest BCUT2D eigenvalue weighted by Gasteiger charge is 2.20. The van der Waals surface area contributed by atoms with Crippen LogP contribution in [0.15, 0.2) is 18.2 Å². The van der Waals surface area contributed by atoms with Gasteiger partial charge < -0.3 is 15.4 Å². The van der Waals surface area contributed by atoms with Gasteiger partial charge in [-0.15, -0.1) is 0 Å². The summed E-state index contributed by atoms with van der Waals surface area (Å²) in [5, 5.41) is 0. The number of benzene rings is 1. The van der Waals surface area contributed by atoms with Crippen molar-refractivity contribution < 1.29 is 9.13 Å². The van der Waals surface area contributed by atoms with Gasteiger partial charge >= 0.3 is 0 Å². The fourth-order valence-corrected chi connectivity index (χ4v) is 2.04. The highest BCUT2D eigenvalue weighted by molar-refractivity contribution is 5.52.